The predicted molar refractivity (Wildman–Crippen MR) is 57.2 cm³/mol. The van der Waals surface area contributed by atoms with Crippen LogP contribution in [0.25, 0.3) is 0 Å². The van der Waals surface area contributed by atoms with Crippen molar-refractivity contribution < 1.29 is 9.18 Å². The molecular formula is C8H8Br2FNO. The van der Waals surface area contributed by atoms with E-state index in [0.717, 1.165) is 0 Å². The average molecular weight is 313 g/mol. The van der Waals surface area contributed by atoms with E-state index in [1.165, 1.54) is 18.3 Å². The number of aromatic nitrogens is 1. The van der Waals surface area contributed by atoms with Gasteiger partial charge < -0.3 is 0 Å². The molecule has 1 heterocycles. The van der Waals surface area contributed by atoms with E-state index in [1.807, 2.05) is 0 Å². The summed E-state index contributed by atoms with van der Waals surface area (Å²) in [4.78, 5) is 14.4. The van der Waals surface area contributed by atoms with E-state index in [2.05, 4.69) is 20.9 Å². The molecule has 0 fully saturated rings. The lowest BCUT2D eigenvalue weighted by molar-refractivity contribution is 0.0995. The molecule has 2 nitrogen and oxygen atoms in total. The summed E-state index contributed by atoms with van der Waals surface area (Å²) in [5.41, 5.74) is 0.417. The second-order valence-corrected chi connectivity index (χ2v) is 3.72. The number of rotatable bonds is 2. The molecule has 13 heavy (non-hydrogen) atoms. The Morgan fingerprint density at radius 3 is 2.62 bits per heavy atom. The minimum absolute atomic E-state index is 0. The standard InChI is InChI=1S/C8H7BrFNO.BrH/c1-5(9)8(12)6-2-3-7(10)11-4-6;/h2-5H,1H3;1H. The van der Waals surface area contributed by atoms with Gasteiger partial charge in [0.2, 0.25) is 5.95 Å². The van der Waals surface area contributed by atoms with Crippen molar-refractivity contribution in [3.63, 3.8) is 0 Å². The third kappa shape index (κ3) is 3.52. The van der Waals surface area contributed by atoms with Crippen LogP contribution in [0.4, 0.5) is 4.39 Å². The molecule has 0 aromatic carbocycles. The van der Waals surface area contributed by atoms with Gasteiger partial charge in [-0.3, -0.25) is 4.79 Å². The average Bonchev–Trinajstić information content (AvgIpc) is 2.04. The third-order valence-electron chi connectivity index (χ3n) is 1.37. The van der Waals surface area contributed by atoms with Crippen molar-refractivity contribution >= 4 is 38.7 Å². The summed E-state index contributed by atoms with van der Waals surface area (Å²) < 4.78 is 12.3. The summed E-state index contributed by atoms with van der Waals surface area (Å²) >= 11 is 3.12. The molecule has 0 saturated heterocycles. The molecule has 0 aliphatic rings. The van der Waals surface area contributed by atoms with Crippen molar-refractivity contribution in [3.05, 3.63) is 29.8 Å². The largest absolute Gasteiger partial charge is 0.293 e. The van der Waals surface area contributed by atoms with Gasteiger partial charge in [-0.2, -0.15) is 4.39 Å². The summed E-state index contributed by atoms with van der Waals surface area (Å²) in [6.45, 7) is 1.71. The number of Topliss-reactive ketones (excluding diaryl/α,β-unsaturated/α-hetero) is 1. The number of ketones is 1. The van der Waals surface area contributed by atoms with Crippen LogP contribution in [0, 0.1) is 5.95 Å². The molecule has 0 bridgehead atoms. The topological polar surface area (TPSA) is 30.0 Å². The lowest BCUT2D eigenvalue weighted by Gasteiger charge is -2.00. The molecule has 1 atom stereocenters. The molecule has 0 aliphatic carbocycles. The highest BCUT2D eigenvalue weighted by Gasteiger charge is 2.11. The zero-order valence-electron chi connectivity index (χ0n) is 6.83. The molecule has 1 aromatic heterocycles. The van der Waals surface area contributed by atoms with Crippen LogP contribution in [0.15, 0.2) is 18.3 Å². The quantitative estimate of drug-likeness (QED) is 0.477. The fourth-order valence-electron chi connectivity index (χ4n) is 0.751. The van der Waals surface area contributed by atoms with Gasteiger partial charge in [0, 0.05) is 11.8 Å². The Kier molecular flexibility index (Phi) is 5.32. The molecule has 0 amide bonds. The highest BCUT2D eigenvalue weighted by Crippen LogP contribution is 2.08. The van der Waals surface area contributed by atoms with Gasteiger partial charge in [0.15, 0.2) is 5.78 Å². The van der Waals surface area contributed by atoms with Crippen LogP contribution in [0.5, 0.6) is 0 Å². The third-order valence-corrected chi connectivity index (χ3v) is 1.79. The van der Waals surface area contributed by atoms with Crippen molar-refractivity contribution in [2.45, 2.75) is 11.8 Å². The van der Waals surface area contributed by atoms with E-state index in [4.69, 9.17) is 0 Å². The molecule has 0 saturated carbocycles. The number of alkyl halides is 1. The van der Waals surface area contributed by atoms with Gasteiger partial charge >= 0.3 is 0 Å². The van der Waals surface area contributed by atoms with Crippen molar-refractivity contribution in [2.24, 2.45) is 0 Å². The van der Waals surface area contributed by atoms with E-state index < -0.39 is 5.95 Å². The van der Waals surface area contributed by atoms with Crippen molar-refractivity contribution in [3.8, 4) is 0 Å². The number of carbonyl (C=O) groups excluding carboxylic acids is 1. The molecule has 1 unspecified atom stereocenters. The van der Waals surface area contributed by atoms with Crippen LogP contribution in [-0.4, -0.2) is 15.6 Å². The number of hydrogen-bond donors (Lipinski definition) is 0. The van der Waals surface area contributed by atoms with Crippen LogP contribution < -0.4 is 0 Å². The maximum Gasteiger partial charge on any atom is 0.212 e. The van der Waals surface area contributed by atoms with Crippen molar-refractivity contribution in [1.82, 2.24) is 4.98 Å². The lowest BCUT2D eigenvalue weighted by atomic mass is 10.1. The smallest absolute Gasteiger partial charge is 0.212 e. The Balaban J connectivity index is 0.00000144. The van der Waals surface area contributed by atoms with Crippen LogP contribution in [0.2, 0.25) is 0 Å². The summed E-state index contributed by atoms with van der Waals surface area (Å²) in [5, 5.41) is 0. The van der Waals surface area contributed by atoms with Gasteiger partial charge in [0.1, 0.15) is 0 Å². The normalized spacial score (nSPS) is 11.6. The molecule has 72 valence electrons. The number of hydrogen-bond acceptors (Lipinski definition) is 2. The van der Waals surface area contributed by atoms with Crippen LogP contribution in [-0.2, 0) is 0 Å². The van der Waals surface area contributed by atoms with E-state index in [-0.39, 0.29) is 27.6 Å². The second-order valence-electron chi connectivity index (χ2n) is 2.35. The van der Waals surface area contributed by atoms with Crippen LogP contribution in [0.1, 0.15) is 17.3 Å². The van der Waals surface area contributed by atoms with Gasteiger partial charge in [-0.25, -0.2) is 4.98 Å². The van der Waals surface area contributed by atoms with Gasteiger partial charge in [-0.1, -0.05) is 15.9 Å². The van der Waals surface area contributed by atoms with E-state index >= 15 is 0 Å². The minimum atomic E-state index is -0.575. The van der Waals surface area contributed by atoms with Gasteiger partial charge in [-0.15, -0.1) is 17.0 Å². The van der Waals surface area contributed by atoms with E-state index in [9.17, 15) is 9.18 Å². The molecule has 0 radical (unpaired) electrons. The first-order valence-corrected chi connectivity index (χ1v) is 4.32. The fourth-order valence-corrected chi connectivity index (χ4v) is 1.02. The first-order valence-electron chi connectivity index (χ1n) is 3.41. The number of nitrogens with zero attached hydrogens (tertiary/aromatic N) is 1. The number of carbonyl (C=O) groups is 1. The Hall–Kier alpha value is -0.290. The van der Waals surface area contributed by atoms with Crippen molar-refractivity contribution in [2.75, 3.05) is 0 Å². The zero-order chi connectivity index (χ0) is 9.14. The van der Waals surface area contributed by atoms with Crippen LogP contribution >= 0.6 is 32.9 Å². The molecule has 0 spiro atoms. The molecule has 1 aromatic rings. The maximum absolute atomic E-state index is 12.3. The first kappa shape index (κ1) is 12.7. The second kappa shape index (κ2) is 5.44. The Morgan fingerprint density at radius 2 is 2.23 bits per heavy atom. The Labute approximate surface area is 94.5 Å². The first-order chi connectivity index (χ1) is 5.61. The van der Waals surface area contributed by atoms with E-state index in [1.54, 1.807) is 6.92 Å². The summed E-state index contributed by atoms with van der Waals surface area (Å²) in [7, 11) is 0. The molecule has 0 aliphatic heterocycles. The summed E-state index contributed by atoms with van der Waals surface area (Å²) in [6, 6.07) is 2.59. The molecule has 5 heteroatoms. The van der Waals surface area contributed by atoms with Gasteiger partial charge in [0.05, 0.1) is 4.83 Å². The molecular weight excluding hydrogens is 305 g/mol. The fraction of sp³-hybridized carbons (Fsp3) is 0.250. The van der Waals surface area contributed by atoms with Gasteiger partial charge in [0.25, 0.3) is 0 Å². The lowest BCUT2D eigenvalue weighted by Crippen LogP contribution is -2.10. The Bertz CT molecular complexity index is 287. The predicted octanol–water partition coefficient (Wildman–Crippen LogP) is 2.76. The van der Waals surface area contributed by atoms with Gasteiger partial charge in [-0.05, 0) is 19.1 Å². The molecule has 0 N–H and O–H groups in total. The van der Waals surface area contributed by atoms with Crippen LogP contribution in [0.3, 0.4) is 0 Å². The van der Waals surface area contributed by atoms with Crippen molar-refractivity contribution in [1.29, 1.82) is 0 Å². The highest BCUT2D eigenvalue weighted by molar-refractivity contribution is 9.10. The SMILES string of the molecule is Br.CC(Br)C(=O)c1ccc(F)nc1. The monoisotopic (exact) mass is 311 g/mol. The minimum Gasteiger partial charge on any atom is -0.293 e. The zero-order valence-corrected chi connectivity index (χ0v) is 10.1. The maximum atomic E-state index is 12.3. The van der Waals surface area contributed by atoms with E-state index in [0.29, 0.717) is 5.56 Å². The summed E-state index contributed by atoms with van der Waals surface area (Å²) in [6.07, 6.45) is 1.23. The number of pyridine rings is 1. The summed E-state index contributed by atoms with van der Waals surface area (Å²) in [5.74, 6) is -0.670. The molecule has 1 rings (SSSR count). The number of halogens is 3. The highest BCUT2D eigenvalue weighted by atomic mass is 79.9. The Morgan fingerprint density at radius 1 is 1.62 bits per heavy atom.